The maximum atomic E-state index is 12.7. The summed E-state index contributed by atoms with van der Waals surface area (Å²) in [6, 6.07) is 3.40. The number of thiophene rings is 1. The van der Waals surface area contributed by atoms with E-state index >= 15 is 0 Å². The van der Waals surface area contributed by atoms with E-state index in [4.69, 9.17) is 9.15 Å². The van der Waals surface area contributed by atoms with Crippen molar-refractivity contribution in [3.8, 4) is 0 Å². The summed E-state index contributed by atoms with van der Waals surface area (Å²) in [5.41, 5.74) is 0. The van der Waals surface area contributed by atoms with Crippen LogP contribution in [-0.2, 0) is 26.2 Å². The molecule has 2 aromatic heterocycles. The lowest BCUT2D eigenvalue weighted by atomic mass is 10.0. The number of oxazole rings is 1. The number of piperidine rings is 1. The predicted octanol–water partition coefficient (Wildman–Crippen LogP) is 2.50. The molecule has 1 aliphatic heterocycles. The third-order valence-corrected chi connectivity index (χ3v) is 7.37. The molecule has 136 valence electrons. The van der Waals surface area contributed by atoms with Crippen LogP contribution in [0.15, 0.2) is 27.0 Å². The molecule has 25 heavy (non-hydrogen) atoms. The summed E-state index contributed by atoms with van der Waals surface area (Å²) in [5, 5.41) is 0. The van der Waals surface area contributed by atoms with Crippen LogP contribution in [0.3, 0.4) is 0 Å². The molecule has 0 N–H and O–H groups in total. The van der Waals surface area contributed by atoms with E-state index in [2.05, 4.69) is 4.98 Å². The highest BCUT2D eigenvalue weighted by Gasteiger charge is 2.34. The van der Waals surface area contributed by atoms with Gasteiger partial charge in [0, 0.05) is 18.0 Å². The number of hydrogen-bond donors (Lipinski definition) is 0. The van der Waals surface area contributed by atoms with E-state index in [-0.39, 0.29) is 13.2 Å². The molecule has 1 aliphatic rings. The van der Waals surface area contributed by atoms with E-state index in [9.17, 15) is 13.2 Å². The van der Waals surface area contributed by atoms with Crippen LogP contribution in [0.1, 0.15) is 29.4 Å². The molecule has 2 aromatic rings. The van der Waals surface area contributed by atoms with Gasteiger partial charge in [-0.05, 0) is 38.8 Å². The van der Waals surface area contributed by atoms with E-state index in [1.165, 1.54) is 15.6 Å². The van der Waals surface area contributed by atoms with Crippen molar-refractivity contribution in [1.82, 2.24) is 9.29 Å². The number of esters is 1. The zero-order chi connectivity index (χ0) is 18.0. The van der Waals surface area contributed by atoms with E-state index in [1.54, 1.807) is 25.3 Å². The van der Waals surface area contributed by atoms with E-state index in [0.717, 1.165) is 4.88 Å². The van der Waals surface area contributed by atoms with Crippen LogP contribution in [-0.4, -0.2) is 36.8 Å². The van der Waals surface area contributed by atoms with Gasteiger partial charge in [0.25, 0.3) is 10.0 Å². The van der Waals surface area contributed by atoms with Crippen molar-refractivity contribution in [2.75, 3.05) is 13.1 Å². The first-order valence-corrected chi connectivity index (χ1v) is 10.3. The van der Waals surface area contributed by atoms with Gasteiger partial charge in [-0.1, -0.05) is 0 Å². The second kappa shape index (κ2) is 7.27. The zero-order valence-corrected chi connectivity index (χ0v) is 15.7. The van der Waals surface area contributed by atoms with Crippen LogP contribution in [0.25, 0.3) is 0 Å². The number of rotatable bonds is 5. The Bertz CT molecular complexity index is 856. The number of aryl methyl sites for hydroxylation is 2. The normalized spacial score (nSPS) is 19.0. The quantitative estimate of drug-likeness (QED) is 0.736. The largest absolute Gasteiger partial charge is 0.455 e. The topological polar surface area (TPSA) is 89.7 Å². The highest BCUT2D eigenvalue weighted by molar-refractivity contribution is 7.91. The van der Waals surface area contributed by atoms with Crippen LogP contribution < -0.4 is 0 Å². The highest BCUT2D eigenvalue weighted by Crippen LogP contribution is 2.28. The van der Waals surface area contributed by atoms with Gasteiger partial charge in [0.05, 0.1) is 12.1 Å². The van der Waals surface area contributed by atoms with Crippen LogP contribution in [0.5, 0.6) is 0 Å². The molecule has 1 fully saturated rings. The maximum Gasteiger partial charge on any atom is 0.310 e. The second-order valence-electron chi connectivity index (χ2n) is 6.04. The van der Waals surface area contributed by atoms with E-state index in [0.29, 0.717) is 35.2 Å². The average Bonchev–Trinajstić information content (AvgIpc) is 3.21. The summed E-state index contributed by atoms with van der Waals surface area (Å²) >= 11 is 1.24. The number of nitrogens with zero attached hydrogens (tertiary/aromatic N) is 2. The maximum absolute atomic E-state index is 12.7. The van der Waals surface area contributed by atoms with Crippen molar-refractivity contribution in [3.05, 3.63) is 34.9 Å². The first kappa shape index (κ1) is 18.1. The predicted molar refractivity (Wildman–Crippen MR) is 91.6 cm³/mol. The molecule has 1 atom stereocenters. The fourth-order valence-electron chi connectivity index (χ4n) is 2.75. The van der Waals surface area contributed by atoms with Crippen LogP contribution in [0.2, 0.25) is 0 Å². The monoisotopic (exact) mass is 384 g/mol. The van der Waals surface area contributed by atoms with Gasteiger partial charge in [-0.15, -0.1) is 11.3 Å². The number of ether oxygens (including phenoxy) is 1. The first-order valence-electron chi connectivity index (χ1n) is 8.01. The first-order chi connectivity index (χ1) is 11.9. The standard InChI is InChI=1S/C16H20N2O5S2/c1-11-8-17-14(23-11)10-22-16(19)13-4-3-7-18(9-13)25(20,21)15-6-5-12(2)24-15/h5-6,8,13H,3-4,7,9-10H2,1-2H3/t13-/m0/s1. The average molecular weight is 384 g/mol. The molecule has 0 spiro atoms. The minimum atomic E-state index is -3.56. The molecule has 0 aliphatic carbocycles. The third kappa shape index (κ3) is 4.10. The fourth-order valence-corrected chi connectivity index (χ4v) is 5.71. The SMILES string of the molecule is Cc1cnc(COC(=O)[C@H]2CCCN(S(=O)(=O)c3ccc(C)s3)C2)o1. The third-order valence-electron chi connectivity index (χ3n) is 4.03. The van der Waals surface area contributed by atoms with Crippen LogP contribution in [0.4, 0.5) is 0 Å². The molecule has 0 aromatic carbocycles. The van der Waals surface area contributed by atoms with Crippen molar-refractivity contribution in [2.45, 2.75) is 37.5 Å². The Balaban J connectivity index is 1.63. The van der Waals surface area contributed by atoms with Gasteiger partial charge < -0.3 is 9.15 Å². The summed E-state index contributed by atoms with van der Waals surface area (Å²) in [4.78, 5) is 17.2. The summed E-state index contributed by atoms with van der Waals surface area (Å²) < 4.78 is 37.6. The number of carbonyl (C=O) groups is 1. The lowest BCUT2D eigenvalue weighted by molar-refractivity contribution is -0.151. The van der Waals surface area contributed by atoms with Gasteiger partial charge in [-0.25, -0.2) is 13.4 Å². The highest BCUT2D eigenvalue weighted by atomic mass is 32.2. The fraction of sp³-hybridized carbons (Fsp3) is 0.500. The Kier molecular flexibility index (Phi) is 5.26. The van der Waals surface area contributed by atoms with Gasteiger partial charge in [-0.2, -0.15) is 4.31 Å². The Morgan fingerprint density at radius 2 is 2.24 bits per heavy atom. The van der Waals surface area contributed by atoms with Gasteiger partial charge in [0.2, 0.25) is 5.89 Å². The molecule has 9 heteroatoms. The number of hydrogen-bond acceptors (Lipinski definition) is 7. The second-order valence-corrected chi connectivity index (χ2v) is 9.49. The molecular weight excluding hydrogens is 364 g/mol. The molecule has 0 amide bonds. The molecule has 0 bridgehead atoms. The minimum Gasteiger partial charge on any atom is -0.455 e. The zero-order valence-electron chi connectivity index (χ0n) is 14.1. The Hall–Kier alpha value is -1.71. The van der Waals surface area contributed by atoms with E-state index in [1.807, 2.05) is 6.92 Å². The summed E-state index contributed by atoms with van der Waals surface area (Å²) in [6.07, 6.45) is 2.79. The summed E-state index contributed by atoms with van der Waals surface area (Å²) in [7, 11) is -3.56. The smallest absolute Gasteiger partial charge is 0.310 e. The van der Waals surface area contributed by atoms with Crippen molar-refractivity contribution in [2.24, 2.45) is 5.92 Å². The number of sulfonamides is 1. The lowest BCUT2D eigenvalue weighted by Gasteiger charge is -2.30. The number of aromatic nitrogens is 1. The molecule has 1 saturated heterocycles. The molecule has 3 heterocycles. The molecular formula is C16H20N2O5S2. The molecule has 3 rings (SSSR count). The molecule has 0 radical (unpaired) electrons. The van der Waals surface area contributed by atoms with Crippen molar-refractivity contribution in [3.63, 3.8) is 0 Å². The van der Waals surface area contributed by atoms with Gasteiger partial charge in [0.1, 0.15) is 9.97 Å². The van der Waals surface area contributed by atoms with E-state index < -0.39 is 21.9 Å². The summed E-state index contributed by atoms with van der Waals surface area (Å²) in [5.74, 6) is 0.0891. The lowest BCUT2D eigenvalue weighted by Crippen LogP contribution is -2.42. The van der Waals surface area contributed by atoms with Crippen LogP contribution in [0, 0.1) is 19.8 Å². The molecule has 0 saturated carbocycles. The van der Waals surface area contributed by atoms with Crippen molar-refractivity contribution < 1.29 is 22.4 Å². The number of carbonyl (C=O) groups excluding carboxylic acids is 1. The molecule has 0 unspecified atom stereocenters. The van der Waals surface area contributed by atoms with Crippen molar-refractivity contribution in [1.29, 1.82) is 0 Å². The Morgan fingerprint density at radius 3 is 2.88 bits per heavy atom. The van der Waals surface area contributed by atoms with Crippen LogP contribution >= 0.6 is 11.3 Å². The molecule has 7 nitrogen and oxygen atoms in total. The van der Waals surface area contributed by atoms with Gasteiger partial charge in [0.15, 0.2) is 6.61 Å². The van der Waals surface area contributed by atoms with Crippen molar-refractivity contribution >= 4 is 27.3 Å². The Labute approximate surface area is 150 Å². The Morgan fingerprint density at radius 1 is 1.44 bits per heavy atom. The van der Waals surface area contributed by atoms with Gasteiger partial charge >= 0.3 is 5.97 Å². The minimum absolute atomic E-state index is 0.0416. The van der Waals surface area contributed by atoms with Gasteiger partial charge in [-0.3, -0.25) is 4.79 Å². The summed E-state index contributed by atoms with van der Waals surface area (Å²) in [6.45, 7) is 4.14.